The van der Waals surface area contributed by atoms with E-state index in [1.807, 2.05) is 20.8 Å². The standard InChI is InChI=1S/C10H19NO3.C4H9N.H2/c1-10(2,3)14-9(12)11-8-5-4-6-13-7-8;1-2-4-5-3-1;/h8H,4-7H2,1-3H3,(H,11,12);5H,1-4H2;1H/t8-;;/m1../s1. The van der Waals surface area contributed by atoms with E-state index in [1.165, 1.54) is 25.9 Å². The van der Waals surface area contributed by atoms with Gasteiger partial charge in [0, 0.05) is 8.03 Å². The first kappa shape index (κ1) is 16.2. The quantitative estimate of drug-likeness (QED) is 0.770. The smallest absolute Gasteiger partial charge is 0.407 e. The van der Waals surface area contributed by atoms with Crippen LogP contribution in [0.15, 0.2) is 0 Å². The molecule has 2 aliphatic rings. The number of amides is 1. The maximum Gasteiger partial charge on any atom is 0.407 e. The lowest BCUT2D eigenvalue weighted by Gasteiger charge is -2.25. The summed E-state index contributed by atoms with van der Waals surface area (Å²) in [6.45, 7) is 9.45. The number of nitrogens with one attached hydrogen (secondary N) is 2. The molecule has 2 rings (SSSR count). The lowest BCUT2D eigenvalue weighted by Crippen LogP contribution is -2.43. The van der Waals surface area contributed by atoms with Crippen LogP contribution >= 0.6 is 0 Å². The first-order valence-electron chi connectivity index (χ1n) is 7.25. The second kappa shape index (κ2) is 8.38. The number of carbonyl (C=O) groups excluding carboxylic acids is 1. The van der Waals surface area contributed by atoms with Crippen molar-refractivity contribution < 1.29 is 15.7 Å². The Kier molecular flexibility index (Phi) is 7.16. The predicted molar refractivity (Wildman–Crippen MR) is 77.4 cm³/mol. The molecule has 0 saturated carbocycles. The van der Waals surface area contributed by atoms with Crippen molar-refractivity contribution in [1.82, 2.24) is 10.6 Å². The summed E-state index contributed by atoms with van der Waals surface area (Å²) < 4.78 is 10.4. The van der Waals surface area contributed by atoms with Crippen molar-refractivity contribution in [3.05, 3.63) is 0 Å². The molecule has 5 nitrogen and oxygen atoms in total. The van der Waals surface area contributed by atoms with Gasteiger partial charge in [0.1, 0.15) is 5.60 Å². The average molecular weight is 274 g/mol. The van der Waals surface area contributed by atoms with Crippen LogP contribution in [0.4, 0.5) is 4.79 Å². The molecule has 2 heterocycles. The van der Waals surface area contributed by atoms with E-state index < -0.39 is 5.60 Å². The van der Waals surface area contributed by atoms with Crippen LogP contribution in [0, 0.1) is 0 Å². The molecule has 2 saturated heterocycles. The summed E-state index contributed by atoms with van der Waals surface area (Å²) in [5, 5.41) is 6.01. The van der Waals surface area contributed by atoms with E-state index in [-0.39, 0.29) is 13.6 Å². The van der Waals surface area contributed by atoms with Gasteiger partial charge in [0.15, 0.2) is 0 Å². The SMILES string of the molecule is C1CCNC1.CC(C)(C)OC(=O)N[C@@H]1CCCOC1.[HH]. The highest BCUT2D eigenvalue weighted by Gasteiger charge is 2.20. The van der Waals surface area contributed by atoms with Crippen molar-refractivity contribution in [2.24, 2.45) is 0 Å². The molecule has 1 amide bonds. The maximum atomic E-state index is 11.3. The van der Waals surface area contributed by atoms with Crippen LogP contribution in [-0.4, -0.2) is 44.0 Å². The van der Waals surface area contributed by atoms with Gasteiger partial charge in [-0.25, -0.2) is 4.79 Å². The van der Waals surface area contributed by atoms with Gasteiger partial charge in [-0.1, -0.05) is 0 Å². The number of hydrogen-bond donors (Lipinski definition) is 2. The number of ether oxygens (including phenoxy) is 2. The number of alkyl carbamates (subject to hydrolysis) is 1. The van der Waals surface area contributed by atoms with E-state index in [0.717, 1.165) is 19.4 Å². The Bertz CT molecular complexity index is 252. The molecule has 0 bridgehead atoms. The zero-order valence-electron chi connectivity index (χ0n) is 12.5. The molecule has 19 heavy (non-hydrogen) atoms. The van der Waals surface area contributed by atoms with E-state index in [2.05, 4.69) is 10.6 Å². The summed E-state index contributed by atoms with van der Waals surface area (Å²) >= 11 is 0. The van der Waals surface area contributed by atoms with Crippen LogP contribution in [0.2, 0.25) is 0 Å². The third kappa shape index (κ3) is 8.83. The Morgan fingerprint density at radius 1 is 1.32 bits per heavy atom. The molecule has 114 valence electrons. The topological polar surface area (TPSA) is 59.6 Å². The number of hydrogen-bond acceptors (Lipinski definition) is 4. The third-order valence-corrected chi connectivity index (χ3v) is 2.84. The Morgan fingerprint density at radius 3 is 2.42 bits per heavy atom. The fraction of sp³-hybridized carbons (Fsp3) is 0.929. The summed E-state index contributed by atoms with van der Waals surface area (Å²) in [7, 11) is 0. The second-order valence-electron chi connectivity index (χ2n) is 6.02. The van der Waals surface area contributed by atoms with E-state index >= 15 is 0 Å². The molecule has 2 aliphatic heterocycles. The highest BCUT2D eigenvalue weighted by atomic mass is 16.6. The van der Waals surface area contributed by atoms with Crippen molar-refractivity contribution in [2.75, 3.05) is 26.3 Å². The summed E-state index contributed by atoms with van der Waals surface area (Å²) in [5.41, 5.74) is -0.431. The molecule has 0 aliphatic carbocycles. The zero-order valence-corrected chi connectivity index (χ0v) is 12.5. The molecule has 0 radical (unpaired) electrons. The molecule has 0 aromatic heterocycles. The minimum absolute atomic E-state index is 0. The summed E-state index contributed by atoms with van der Waals surface area (Å²) in [6.07, 6.45) is 4.40. The minimum Gasteiger partial charge on any atom is -0.444 e. The fourth-order valence-electron chi connectivity index (χ4n) is 1.95. The first-order valence-corrected chi connectivity index (χ1v) is 7.25. The lowest BCUT2D eigenvalue weighted by molar-refractivity contribution is 0.0347. The van der Waals surface area contributed by atoms with Crippen LogP contribution in [0.25, 0.3) is 0 Å². The minimum atomic E-state index is -0.431. The number of rotatable bonds is 1. The van der Waals surface area contributed by atoms with E-state index in [0.29, 0.717) is 6.61 Å². The van der Waals surface area contributed by atoms with Crippen molar-refractivity contribution in [3.8, 4) is 0 Å². The molecule has 0 aromatic carbocycles. The summed E-state index contributed by atoms with van der Waals surface area (Å²) in [5.74, 6) is 0. The Balaban J connectivity index is 0.000000507. The van der Waals surface area contributed by atoms with E-state index in [4.69, 9.17) is 9.47 Å². The molecule has 2 N–H and O–H groups in total. The van der Waals surface area contributed by atoms with Gasteiger partial charge >= 0.3 is 6.09 Å². The Hall–Kier alpha value is -0.810. The van der Waals surface area contributed by atoms with Gasteiger partial charge in [0.2, 0.25) is 0 Å². The van der Waals surface area contributed by atoms with Gasteiger partial charge in [0.05, 0.1) is 12.6 Å². The Labute approximate surface area is 117 Å². The van der Waals surface area contributed by atoms with Crippen molar-refractivity contribution >= 4 is 6.09 Å². The van der Waals surface area contributed by atoms with E-state index in [9.17, 15) is 4.79 Å². The van der Waals surface area contributed by atoms with Gasteiger partial charge in [-0.05, 0) is 59.5 Å². The lowest BCUT2D eigenvalue weighted by atomic mass is 10.1. The van der Waals surface area contributed by atoms with Gasteiger partial charge in [0.25, 0.3) is 0 Å². The third-order valence-electron chi connectivity index (χ3n) is 2.84. The molecule has 1 atom stereocenters. The second-order valence-corrected chi connectivity index (χ2v) is 6.02. The van der Waals surface area contributed by atoms with Crippen LogP contribution in [-0.2, 0) is 9.47 Å². The highest BCUT2D eigenvalue weighted by molar-refractivity contribution is 5.68. The predicted octanol–water partition coefficient (Wildman–Crippen LogP) is 2.31. The summed E-state index contributed by atoms with van der Waals surface area (Å²) in [6, 6.07) is 0.110. The molecular weight excluding hydrogens is 244 g/mol. The zero-order chi connectivity index (χ0) is 14.1. The van der Waals surface area contributed by atoms with E-state index in [1.54, 1.807) is 0 Å². The van der Waals surface area contributed by atoms with Gasteiger partial charge < -0.3 is 20.1 Å². The molecule has 0 unspecified atom stereocenters. The normalized spacial score (nSPS) is 23.2. The van der Waals surface area contributed by atoms with Crippen LogP contribution < -0.4 is 10.6 Å². The molecule has 0 aromatic rings. The maximum absolute atomic E-state index is 11.3. The van der Waals surface area contributed by atoms with Crippen LogP contribution in [0.3, 0.4) is 0 Å². The van der Waals surface area contributed by atoms with Crippen LogP contribution in [0.1, 0.15) is 47.9 Å². The van der Waals surface area contributed by atoms with Crippen molar-refractivity contribution in [3.63, 3.8) is 0 Å². The molecular formula is C14H30N2O3. The van der Waals surface area contributed by atoms with Crippen molar-refractivity contribution in [1.29, 1.82) is 0 Å². The monoisotopic (exact) mass is 274 g/mol. The van der Waals surface area contributed by atoms with Gasteiger partial charge in [-0.15, -0.1) is 0 Å². The van der Waals surface area contributed by atoms with Gasteiger partial charge in [-0.2, -0.15) is 0 Å². The number of carbonyl (C=O) groups is 1. The summed E-state index contributed by atoms with van der Waals surface area (Å²) in [4.78, 5) is 11.3. The van der Waals surface area contributed by atoms with Gasteiger partial charge in [-0.3, -0.25) is 0 Å². The van der Waals surface area contributed by atoms with Crippen molar-refractivity contribution in [2.45, 2.75) is 58.1 Å². The average Bonchev–Trinajstić information content (AvgIpc) is 2.86. The van der Waals surface area contributed by atoms with Crippen LogP contribution in [0.5, 0.6) is 0 Å². The molecule has 2 fully saturated rings. The fourth-order valence-corrected chi connectivity index (χ4v) is 1.95. The largest absolute Gasteiger partial charge is 0.444 e. The highest BCUT2D eigenvalue weighted by Crippen LogP contribution is 2.09. The molecule has 0 spiro atoms. The Morgan fingerprint density at radius 2 is 2.00 bits per heavy atom. The molecule has 5 heteroatoms. The first-order chi connectivity index (χ1) is 8.97.